The van der Waals surface area contributed by atoms with Crippen LogP contribution < -0.4 is 56.6 Å². The number of esters is 1. The van der Waals surface area contributed by atoms with Gasteiger partial charge in [-0.2, -0.15) is 0 Å². The van der Waals surface area contributed by atoms with E-state index in [1.807, 2.05) is 98.8 Å². The number of benzene rings is 6. The second-order valence-corrected chi connectivity index (χ2v) is 45.0. The van der Waals surface area contributed by atoms with Gasteiger partial charge in [0.15, 0.2) is 0 Å². The maximum Gasteiger partial charge on any atom is 0.308 e. The van der Waals surface area contributed by atoms with Crippen molar-refractivity contribution in [1.82, 2.24) is 31.9 Å². The number of hydrogen-bond donors (Lipinski definition) is 7. The van der Waals surface area contributed by atoms with Gasteiger partial charge in [-0.1, -0.05) is 360 Å². The van der Waals surface area contributed by atoms with Gasteiger partial charge in [0.25, 0.3) is 0 Å². The Labute approximate surface area is 902 Å². The maximum absolute atomic E-state index is 16.3. The summed E-state index contributed by atoms with van der Waals surface area (Å²) in [6, 6.07) is 30.2. The van der Waals surface area contributed by atoms with Gasteiger partial charge in [-0.3, -0.25) is 33.6 Å². The molecular formula is C125H195FN10O14. The van der Waals surface area contributed by atoms with Crippen molar-refractivity contribution in [3.63, 3.8) is 0 Å². The maximum atomic E-state index is 16.3. The van der Waals surface area contributed by atoms with Crippen LogP contribution in [-0.4, -0.2) is 140 Å². The van der Waals surface area contributed by atoms with E-state index < -0.39 is 125 Å². The van der Waals surface area contributed by atoms with E-state index in [2.05, 4.69) is 80.9 Å². The Hall–Kier alpha value is -10.1. The monoisotopic (exact) mass is 2080 g/mol. The summed E-state index contributed by atoms with van der Waals surface area (Å²) in [5.74, 6) is -4.16. The highest BCUT2D eigenvalue weighted by molar-refractivity contribution is 5.98. The van der Waals surface area contributed by atoms with Crippen LogP contribution in [-0.2, 0) is 73.5 Å². The number of nitrogens with zero attached hydrogens (tertiary/aromatic N) is 3. The van der Waals surface area contributed by atoms with Gasteiger partial charge in [0.2, 0.25) is 35.4 Å². The van der Waals surface area contributed by atoms with Crippen LogP contribution in [0.4, 0.5) is 4.39 Å². The molecular weight excluding hydrogens is 1880 g/mol. The van der Waals surface area contributed by atoms with Crippen LogP contribution >= 0.6 is 0 Å². The molecule has 0 radical (unpaired) electrons. The van der Waals surface area contributed by atoms with Gasteiger partial charge in [-0.25, -0.2) is 4.39 Å². The van der Waals surface area contributed by atoms with Gasteiger partial charge in [-0.15, -0.1) is 0 Å². The first-order valence-electron chi connectivity index (χ1n) is 57.8. The second kappa shape index (κ2) is 72.5. The molecule has 6 aromatic carbocycles. The Bertz CT molecular complexity index is 4870. The number of halogens is 1. The topological polar surface area (TPSA) is 331 Å². The molecule has 8 atom stereocenters. The Morgan fingerprint density at radius 3 is 1.37 bits per heavy atom. The van der Waals surface area contributed by atoms with Crippen LogP contribution in [0.5, 0.6) is 23.0 Å². The van der Waals surface area contributed by atoms with Gasteiger partial charge in [0, 0.05) is 35.9 Å². The van der Waals surface area contributed by atoms with Crippen LogP contribution in [0.3, 0.4) is 0 Å². The smallest absolute Gasteiger partial charge is 0.308 e. The number of unbranched alkanes of at least 4 members (excludes halogenated alkanes) is 39. The third-order valence-corrected chi connectivity index (χ3v) is 27.6. The third kappa shape index (κ3) is 54.5. The van der Waals surface area contributed by atoms with Crippen LogP contribution in [0.15, 0.2) is 133 Å². The lowest BCUT2D eigenvalue weighted by Crippen LogP contribution is -2.64. The zero-order valence-electron chi connectivity index (χ0n) is 95.4. The molecule has 0 aromatic heterocycles. The molecule has 24 nitrogen and oxygen atoms in total. The molecule has 0 spiro atoms. The number of amides is 6. The summed E-state index contributed by atoms with van der Waals surface area (Å²) in [6.07, 6.45) is 52.0. The fourth-order valence-corrected chi connectivity index (χ4v) is 19.2. The molecule has 6 aromatic rings. The Kier molecular flexibility index (Phi) is 62.2. The van der Waals surface area contributed by atoms with Crippen molar-refractivity contribution in [2.24, 2.45) is 10.8 Å². The van der Waals surface area contributed by atoms with Crippen molar-refractivity contribution in [3.05, 3.63) is 188 Å². The highest BCUT2D eigenvalue weighted by atomic mass is 19.1. The molecule has 0 aliphatic heterocycles. The van der Waals surface area contributed by atoms with Crippen molar-refractivity contribution in [2.75, 3.05) is 40.1 Å². The van der Waals surface area contributed by atoms with E-state index in [1.54, 1.807) is 82.4 Å². The minimum absolute atomic E-state index is 0.108. The minimum atomic E-state index is -1.83. The number of ether oxygens (including phenoxy) is 7. The normalized spacial score (nSPS) is 13.5. The highest BCUT2D eigenvalue weighted by Crippen LogP contribution is 2.37. The number of carbonyl (C=O) groups excluding carboxylic acids is 7. The van der Waals surface area contributed by atoms with E-state index >= 15 is 28.4 Å². The third-order valence-electron chi connectivity index (χ3n) is 27.6. The minimum Gasteiger partial charge on any atom is -0.497 e. The Morgan fingerprint density at radius 2 is 0.880 bits per heavy atom. The molecule has 25 heteroatoms. The first-order valence-corrected chi connectivity index (χ1v) is 57.8. The average molecular weight is 2080 g/mol. The Morgan fingerprint density at radius 1 is 0.433 bits per heavy atom. The zero-order valence-corrected chi connectivity index (χ0v) is 95.4. The summed E-state index contributed by atoms with van der Waals surface area (Å²) in [6.45, 7) is 30.3. The molecule has 0 saturated heterocycles. The number of aryl methyl sites for hydroxylation is 4. The lowest BCUT2D eigenvalue weighted by molar-refractivity contribution is -0.157. The highest BCUT2D eigenvalue weighted by Gasteiger charge is 2.41. The van der Waals surface area contributed by atoms with E-state index in [-0.39, 0.29) is 24.8 Å². The van der Waals surface area contributed by atoms with Gasteiger partial charge in [0.05, 0.1) is 68.8 Å². The average Bonchev–Trinajstić information content (AvgIpc) is 0.808. The summed E-state index contributed by atoms with van der Waals surface area (Å²) >= 11 is 0. The summed E-state index contributed by atoms with van der Waals surface area (Å²) in [5.41, 5.74) is 18.8. The van der Waals surface area contributed by atoms with Crippen LogP contribution in [0, 0.1) is 19.7 Å². The van der Waals surface area contributed by atoms with E-state index in [0.717, 1.165) is 78.3 Å². The quantitative estimate of drug-likeness (QED) is 0.00613. The summed E-state index contributed by atoms with van der Waals surface area (Å²) in [7, 11) is 1.60. The van der Waals surface area contributed by atoms with Crippen LogP contribution in [0.2, 0.25) is 0 Å². The van der Waals surface area contributed by atoms with Gasteiger partial charge in [-0.05, 0) is 228 Å². The fourth-order valence-electron chi connectivity index (χ4n) is 19.2. The second-order valence-electron chi connectivity index (χ2n) is 45.0. The molecule has 8 N–H and O–H groups in total. The van der Waals surface area contributed by atoms with Crippen molar-refractivity contribution in [3.8, 4) is 34.1 Å². The number of azide groups is 1. The van der Waals surface area contributed by atoms with Crippen LogP contribution in [0.1, 0.15) is 436 Å². The van der Waals surface area contributed by atoms with E-state index in [1.165, 1.54) is 237 Å². The summed E-state index contributed by atoms with van der Waals surface area (Å²) in [5, 5.41) is 21.4. The lowest BCUT2D eigenvalue weighted by Gasteiger charge is -2.34. The molecule has 0 aliphatic rings. The number of rotatable bonds is 81. The van der Waals surface area contributed by atoms with E-state index in [0.29, 0.717) is 98.2 Å². The number of carbonyl (C=O) groups is 7. The van der Waals surface area contributed by atoms with Crippen molar-refractivity contribution in [2.45, 2.75) is 490 Å². The zero-order chi connectivity index (χ0) is 109. The summed E-state index contributed by atoms with van der Waals surface area (Å²) < 4.78 is 59.1. The molecule has 6 amide bonds. The predicted octanol–water partition coefficient (Wildman–Crippen LogP) is 28.2. The summed E-state index contributed by atoms with van der Waals surface area (Å²) in [4.78, 5) is 111. The predicted molar refractivity (Wildman–Crippen MR) is 608 cm³/mol. The number of methoxy groups -OCH3 is 1. The van der Waals surface area contributed by atoms with Gasteiger partial charge < -0.3 is 70.8 Å². The SMILES string of the molecule is CCCCCCCCCCCCCCCCCCCCCCOc1ccc(C(NC(=O)[C@H](CCCc2cc(C)cc(C)c2)NC(=O)[C@H](Cc2ccc(-c3ccc(OCCCCN=[N+]=[N-])cc3CC)cc2)NC(=O)[C@H](CC(=O)OC(C)(C)C)NC(=O)[C@H](COC(C)(C)C)NC(=O)[C@@H](NC(=O)[C@@](C)(N)Cc2ccccc2F)[C@@H](C)OC(C)(C)C)c2ccc(OC)cc2)c(OCCCCCCCCCCCCCCCCCCCCCC)c1. The first-order chi connectivity index (χ1) is 71.9. The van der Waals surface area contributed by atoms with E-state index in [9.17, 15) is 9.59 Å². The molecule has 0 aliphatic carbocycles. The molecule has 0 heterocycles. The van der Waals surface area contributed by atoms with Gasteiger partial charge in [0.1, 0.15) is 64.6 Å². The molecule has 150 heavy (non-hydrogen) atoms. The van der Waals surface area contributed by atoms with Crippen LogP contribution in [0.25, 0.3) is 21.6 Å². The number of hydrogen-bond acceptors (Lipinski definition) is 16. The van der Waals surface area contributed by atoms with E-state index in [4.69, 9.17) is 44.4 Å². The fraction of sp³-hybridized carbons (Fsp3) is 0.656. The molecule has 0 saturated carbocycles. The first kappa shape index (κ1) is 129. The number of nitrogens with one attached hydrogen (secondary N) is 6. The number of nitrogens with two attached hydrogens (primary N) is 1. The largest absolute Gasteiger partial charge is 0.497 e. The molecule has 836 valence electrons. The van der Waals surface area contributed by atoms with Crippen molar-refractivity contribution < 1.29 is 71.1 Å². The Balaban J connectivity index is 1.37. The lowest BCUT2D eigenvalue weighted by atomic mass is 9.92. The van der Waals surface area contributed by atoms with Gasteiger partial charge >= 0.3 is 5.97 Å². The molecule has 1 unspecified atom stereocenters. The molecule has 0 fully saturated rings. The molecule has 0 bridgehead atoms. The van der Waals surface area contributed by atoms with Crippen molar-refractivity contribution in [1.29, 1.82) is 0 Å². The molecule has 6 rings (SSSR count). The standard InChI is InChI=1S/C125H195FN10O14/c1-18-21-23-25-27-29-31-33-35-37-39-41-43-45-47-49-51-53-55-60-81-146-104-77-79-106(112(89-104)147-83-61-56-54-52-50-48-46-44-42-40-38-36-34-32-30-28-26-24-22-19-2)115(100-72-74-102(144-17)75-73-100)134-116(138)108(67-63-64-97-85-93(4)84-94(5)86-97)130-117(139)109(87-96-68-70-99(71-69-96)105-78-76-103(88-98(105)20-3)145-82-62-59-80-129-136-128)131-118(140)110(90-113(137)150-124(13,14)15)132-119(141)111(92-148-122(7,8)9)133-120(142)114(95(6)149-123(10,11)12)135-121(143)125(16,127)91-101-65-57-58-66-107(101)126/h57-58,65-66,68-79,84-86,88-89,95,108-111,114-115H,18-56,59-64,67,80-83,87,90-92,127H2,1-17H3,(H,130,139)(H,131,140)(H,132,141)(H,133,142)(H,134,138)(H,135,143)/t95-,108+,109+,110+,111+,114+,115?,125+/m1/s1. The van der Waals surface area contributed by atoms with Crippen molar-refractivity contribution >= 4 is 41.4 Å².